The highest BCUT2D eigenvalue weighted by Crippen LogP contribution is 2.29. The Kier molecular flexibility index (Phi) is 3.87. The Morgan fingerprint density at radius 3 is 2.79 bits per heavy atom. The summed E-state index contributed by atoms with van der Waals surface area (Å²) in [6.45, 7) is 2.92. The van der Waals surface area contributed by atoms with E-state index in [1.165, 1.54) is 0 Å². The number of hydrogen-bond acceptors (Lipinski definition) is 3. The number of aliphatic hydroxyl groups excluding tert-OH is 1. The van der Waals surface area contributed by atoms with Crippen molar-refractivity contribution in [3.8, 4) is 0 Å². The molecule has 1 aromatic heterocycles. The molecule has 102 valence electrons. The number of nitrogens with zero attached hydrogens (tertiary/aromatic N) is 1. The third-order valence-corrected chi connectivity index (χ3v) is 3.22. The number of aromatic carboxylic acids is 1. The molecule has 0 aliphatic heterocycles. The summed E-state index contributed by atoms with van der Waals surface area (Å²) in [5.74, 6) is -0.982. The molecule has 0 bridgehead atoms. The van der Waals surface area contributed by atoms with Crippen molar-refractivity contribution in [2.75, 3.05) is 6.54 Å². The fourth-order valence-electron chi connectivity index (χ4n) is 2.33. The maximum atomic E-state index is 11.3. The molecule has 1 unspecified atom stereocenters. The average Bonchev–Trinajstić information content (AvgIpc) is 2.75. The highest BCUT2D eigenvalue weighted by Gasteiger charge is 2.18. The number of aryl methyl sites for hydroxylation is 1. The van der Waals surface area contributed by atoms with Gasteiger partial charge in [-0.25, -0.2) is 4.79 Å². The predicted molar refractivity (Wildman–Crippen MR) is 73.2 cm³/mol. The van der Waals surface area contributed by atoms with E-state index in [1.807, 2.05) is 16.8 Å². The van der Waals surface area contributed by atoms with E-state index >= 15 is 0 Å². The molecule has 4 N–H and O–H groups in total. The minimum Gasteiger partial charge on any atom is -0.478 e. The number of rotatable bonds is 5. The molecule has 0 saturated heterocycles. The highest BCUT2D eigenvalue weighted by atomic mass is 16.4. The van der Waals surface area contributed by atoms with Crippen LogP contribution in [0.3, 0.4) is 0 Å². The van der Waals surface area contributed by atoms with Crippen molar-refractivity contribution < 1.29 is 15.0 Å². The van der Waals surface area contributed by atoms with E-state index in [0.717, 1.165) is 11.9 Å². The molecule has 1 aromatic carbocycles. The number of nitrogens with two attached hydrogens (primary N) is 1. The van der Waals surface area contributed by atoms with E-state index < -0.39 is 12.1 Å². The first kappa shape index (κ1) is 13.6. The molecule has 0 radical (unpaired) electrons. The average molecular weight is 262 g/mol. The summed E-state index contributed by atoms with van der Waals surface area (Å²) in [7, 11) is 0. The summed E-state index contributed by atoms with van der Waals surface area (Å²) in [6, 6.07) is 5.14. The summed E-state index contributed by atoms with van der Waals surface area (Å²) in [5, 5.41) is 19.7. The van der Waals surface area contributed by atoms with Gasteiger partial charge in [0, 0.05) is 29.2 Å². The van der Waals surface area contributed by atoms with E-state index in [4.69, 9.17) is 5.73 Å². The van der Waals surface area contributed by atoms with Crippen LogP contribution in [0, 0.1) is 0 Å². The van der Waals surface area contributed by atoms with Crippen LogP contribution in [0.2, 0.25) is 0 Å². The predicted octanol–water partition coefficient (Wildman–Crippen LogP) is 1.74. The SMILES string of the molecule is CC(O)c1cn(CCCN)c2cccc(C(=O)O)c12. The van der Waals surface area contributed by atoms with Crippen molar-refractivity contribution in [1.82, 2.24) is 4.57 Å². The molecule has 0 amide bonds. The summed E-state index contributed by atoms with van der Waals surface area (Å²) >= 11 is 0. The van der Waals surface area contributed by atoms with Gasteiger partial charge in [-0.05, 0) is 32.0 Å². The Labute approximate surface area is 111 Å². The number of benzene rings is 1. The molecule has 0 spiro atoms. The molecule has 2 rings (SSSR count). The second-order valence-corrected chi connectivity index (χ2v) is 4.60. The molecular weight excluding hydrogens is 244 g/mol. The molecule has 1 heterocycles. The molecule has 0 aliphatic carbocycles. The second kappa shape index (κ2) is 5.42. The second-order valence-electron chi connectivity index (χ2n) is 4.60. The van der Waals surface area contributed by atoms with Gasteiger partial charge in [0.05, 0.1) is 11.7 Å². The van der Waals surface area contributed by atoms with Gasteiger partial charge in [-0.3, -0.25) is 0 Å². The molecule has 0 aliphatic rings. The van der Waals surface area contributed by atoms with Crippen LogP contribution >= 0.6 is 0 Å². The van der Waals surface area contributed by atoms with Gasteiger partial charge in [0.25, 0.3) is 0 Å². The van der Waals surface area contributed by atoms with Gasteiger partial charge in [-0.2, -0.15) is 0 Å². The van der Waals surface area contributed by atoms with E-state index in [9.17, 15) is 15.0 Å². The lowest BCUT2D eigenvalue weighted by molar-refractivity contribution is 0.0699. The zero-order valence-electron chi connectivity index (χ0n) is 10.8. The lowest BCUT2D eigenvalue weighted by Gasteiger charge is -2.05. The summed E-state index contributed by atoms with van der Waals surface area (Å²) in [4.78, 5) is 11.3. The minimum absolute atomic E-state index is 0.222. The summed E-state index contributed by atoms with van der Waals surface area (Å²) < 4.78 is 1.96. The molecule has 0 saturated carbocycles. The third kappa shape index (κ3) is 2.47. The molecule has 2 aromatic rings. The zero-order valence-corrected chi connectivity index (χ0v) is 10.8. The highest BCUT2D eigenvalue weighted by molar-refractivity contribution is 6.04. The standard InChI is InChI=1S/C14H18N2O3/c1-9(17)11-8-16(7-3-6-15)12-5-2-4-10(13(11)12)14(18)19/h2,4-5,8-9,17H,3,6-7,15H2,1H3,(H,18,19). The number of aromatic nitrogens is 1. The maximum absolute atomic E-state index is 11.3. The lowest BCUT2D eigenvalue weighted by Crippen LogP contribution is -2.05. The summed E-state index contributed by atoms with van der Waals surface area (Å²) in [5.41, 5.74) is 7.20. The molecule has 19 heavy (non-hydrogen) atoms. The van der Waals surface area contributed by atoms with Gasteiger partial charge >= 0.3 is 5.97 Å². The first-order chi connectivity index (χ1) is 9.06. The van der Waals surface area contributed by atoms with Gasteiger partial charge in [-0.1, -0.05) is 6.07 Å². The Morgan fingerprint density at radius 1 is 1.47 bits per heavy atom. The first-order valence-electron chi connectivity index (χ1n) is 6.29. The first-order valence-corrected chi connectivity index (χ1v) is 6.29. The van der Waals surface area contributed by atoms with Crippen molar-refractivity contribution in [2.45, 2.75) is 26.0 Å². The van der Waals surface area contributed by atoms with E-state index in [-0.39, 0.29) is 5.56 Å². The van der Waals surface area contributed by atoms with E-state index in [0.29, 0.717) is 24.0 Å². The van der Waals surface area contributed by atoms with Crippen molar-refractivity contribution in [1.29, 1.82) is 0 Å². The van der Waals surface area contributed by atoms with Gasteiger partial charge < -0.3 is 20.5 Å². The molecular formula is C14H18N2O3. The van der Waals surface area contributed by atoms with Crippen molar-refractivity contribution in [3.63, 3.8) is 0 Å². The number of fused-ring (bicyclic) bond motifs is 1. The van der Waals surface area contributed by atoms with Crippen molar-refractivity contribution >= 4 is 16.9 Å². The van der Waals surface area contributed by atoms with Crippen LogP contribution in [0.1, 0.15) is 35.4 Å². The van der Waals surface area contributed by atoms with Crippen LogP contribution in [0.15, 0.2) is 24.4 Å². The van der Waals surface area contributed by atoms with Crippen molar-refractivity contribution in [3.05, 3.63) is 35.5 Å². The Bertz CT molecular complexity index is 602. The van der Waals surface area contributed by atoms with Crippen LogP contribution < -0.4 is 5.73 Å². The van der Waals surface area contributed by atoms with Crippen LogP contribution in [0.25, 0.3) is 10.9 Å². The molecule has 5 nitrogen and oxygen atoms in total. The number of aliphatic hydroxyl groups is 1. The number of hydrogen-bond donors (Lipinski definition) is 3. The maximum Gasteiger partial charge on any atom is 0.336 e. The van der Waals surface area contributed by atoms with Crippen LogP contribution in [0.4, 0.5) is 0 Å². The Balaban J connectivity index is 2.67. The number of carboxylic acid groups (broad SMARTS) is 1. The van der Waals surface area contributed by atoms with E-state index in [1.54, 1.807) is 19.1 Å². The summed E-state index contributed by atoms with van der Waals surface area (Å²) in [6.07, 6.45) is 1.92. The van der Waals surface area contributed by atoms with Gasteiger partial charge in [0.2, 0.25) is 0 Å². The normalized spacial score (nSPS) is 12.8. The van der Waals surface area contributed by atoms with E-state index in [2.05, 4.69) is 0 Å². The quantitative estimate of drug-likeness (QED) is 0.765. The smallest absolute Gasteiger partial charge is 0.336 e. The number of carboxylic acids is 1. The topological polar surface area (TPSA) is 88.5 Å². The van der Waals surface area contributed by atoms with Crippen LogP contribution in [-0.2, 0) is 6.54 Å². The Hall–Kier alpha value is -1.85. The number of carbonyl (C=O) groups is 1. The fourth-order valence-corrected chi connectivity index (χ4v) is 2.33. The monoisotopic (exact) mass is 262 g/mol. The van der Waals surface area contributed by atoms with Gasteiger partial charge in [0.15, 0.2) is 0 Å². The molecule has 1 atom stereocenters. The van der Waals surface area contributed by atoms with Crippen LogP contribution in [-0.4, -0.2) is 27.3 Å². The third-order valence-electron chi connectivity index (χ3n) is 3.22. The van der Waals surface area contributed by atoms with Crippen molar-refractivity contribution in [2.24, 2.45) is 5.73 Å². The van der Waals surface area contributed by atoms with Gasteiger partial charge in [0.1, 0.15) is 0 Å². The molecule has 0 fully saturated rings. The Morgan fingerprint density at radius 2 is 2.21 bits per heavy atom. The zero-order chi connectivity index (χ0) is 14.0. The molecule has 5 heteroatoms. The minimum atomic E-state index is -0.982. The fraction of sp³-hybridized carbons (Fsp3) is 0.357. The van der Waals surface area contributed by atoms with Crippen LogP contribution in [0.5, 0.6) is 0 Å². The largest absolute Gasteiger partial charge is 0.478 e. The van der Waals surface area contributed by atoms with Gasteiger partial charge in [-0.15, -0.1) is 0 Å². The lowest BCUT2D eigenvalue weighted by atomic mass is 10.0.